The number of carbonyl (C=O) groups is 6. The van der Waals surface area contributed by atoms with Gasteiger partial charge in [-0.1, -0.05) is 48.8 Å². The molecule has 0 saturated heterocycles. The van der Waals surface area contributed by atoms with Crippen molar-refractivity contribution in [3.8, 4) is 34.5 Å². The van der Waals surface area contributed by atoms with E-state index in [9.17, 15) is 28.8 Å². The second-order valence-electron chi connectivity index (χ2n) is 20.4. The number of hydrogen-bond acceptors (Lipinski definition) is 18. The number of carbonyl (C=O) groups excluding carboxylic acids is 6. The fraction of sp³-hybridized carbons (Fsp3) is 0.406. The summed E-state index contributed by atoms with van der Waals surface area (Å²) in [4.78, 5) is 81.2. The Morgan fingerprint density at radius 3 is 1.41 bits per heavy atom. The molecule has 0 aliphatic heterocycles. The summed E-state index contributed by atoms with van der Waals surface area (Å²) in [5.41, 5.74) is 2.04. The first-order valence-corrected chi connectivity index (χ1v) is 29.0. The zero-order valence-corrected chi connectivity index (χ0v) is 47.5. The van der Waals surface area contributed by atoms with Gasteiger partial charge in [0.2, 0.25) is 5.13 Å². The first-order valence-electron chi connectivity index (χ1n) is 28.2. The second-order valence-corrected chi connectivity index (χ2v) is 21.4. The molecule has 1 heterocycles. The number of aromatic nitrogens is 1. The number of para-hydroxylation sites is 1. The van der Waals surface area contributed by atoms with Crippen molar-refractivity contribution >= 4 is 68.7 Å². The maximum absolute atomic E-state index is 13.9. The molecule has 2 fully saturated rings. The molecule has 4 aromatic carbocycles. The quantitative estimate of drug-likeness (QED) is 0.00769. The van der Waals surface area contributed by atoms with Gasteiger partial charge in [-0.15, -0.1) is 0 Å². The van der Waals surface area contributed by atoms with Crippen molar-refractivity contribution < 1.29 is 66.7 Å². The predicted molar refractivity (Wildman–Crippen MR) is 312 cm³/mol. The minimum atomic E-state index is -0.477. The van der Waals surface area contributed by atoms with Gasteiger partial charge < -0.3 is 37.9 Å². The molecule has 0 bridgehead atoms. The van der Waals surface area contributed by atoms with E-state index in [1.807, 2.05) is 31.2 Å². The second kappa shape index (κ2) is 32.4. The molecule has 0 N–H and O–H groups in total. The van der Waals surface area contributed by atoms with Gasteiger partial charge in [0.05, 0.1) is 73.1 Å². The van der Waals surface area contributed by atoms with Crippen LogP contribution < -0.4 is 33.4 Å². The maximum Gasteiger partial charge on any atom is 0.330 e. The number of unbranched alkanes of at least 4 members (excludes halogenated alkanes) is 6. The maximum atomic E-state index is 13.9. The summed E-state index contributed by atoms with van der Waals surface area (Å²) in [6, 6.07) is 26.4. The van der Waals surface area contributed by atoms with E-state index in [1.165, 1.54) is 11.3 Å². The fourth-order valence-electron chi connectivity index (χ4n) is 9.39. The van der Waals surface area contributed by atoms with Crippen molar-refractivity contribution in [2.45, 2.75) is 110 Å². The zero-order valence-electron chi connectivity index (χ0n) is 46.6. The summed E-state index contributed by atoms with van der Waals surface area (Å²) in [7, 11) is 0. The molecule has 5 aromatic rings. The van der Waals surface area contributed by atoms with Crippen LogP contribution in [0, 0.1) is 23.7 Å². The van der Waals surface area contributed by atoms with Gasteiger partial charge in [0.15, 0.2) is 0 Å². The van der Waals surface area contributed by atoms with Gasteiger partial charge in [0, 0.05) is 17.7 Å². The van der Waals surface area contributed by atoms with Crippen LogP contribution >= 0.6 is 11.3 Å². The topological polar surface area (TPSA) is 205 Å². The number of hydrazone groups is 1. The molecule has 2 aliphatic rings. The van der Waals surface area contributed by atoms with Crippen LogP contribution in [-0.4, -0.2) is 80.0 Å². The number of esters is 6. The van der Waals surface area contributed by atoms with Gasteiger partial charge in [0.25, 0.3) is 0 Å². The molecule has 0 radical (unpaired) electrons. The van der Waals surface area contributed by atoms with Crippen LogP contribution in [-0.2, 0) is 38.2 Å². The zero-order chi connectivity index (χ0) is 58.1. The highest BCUT2D eigenvalue weighted by atomic mass is 32.1. The monoisotopic (exact) mass is 1140 g/mol. The molecule has 18 heteroatoms. The first-order chi connectivity index (χ1) is 39.8. The summed E-state index contributed by atoms with van der Waals surface area (Å²) < 4.78 is 46.2. The summed E-state index contributed by atoms with van der Waals surface area (Å²) in [6.07, 6.45) is 14.2. The van der Waals surface area contributed by atoms with Crippen LogP contribution in [0.5, 0.6) is 34.5 Å². The summed E-state index contributed by atoms with van der Waals surface area (Å²) in [5, 5.41) is 7.16. The third-order valence-electron chi connectivity index (χ3n) is 14.0. The Bertz CT molecular complexity index is 2960. The number of rotatable bonds is 31. The Hall–Kier alpha value is -8.12. The Labute approximate surface area is 483 Å². The standard InChI is InChI=1S/C64H73N3O14S/c1-5-58(68)76-39-15-9-7-13-37-74-50-27-31-52(32-28-50)78-60(70)45-19-21-47(22-20-45)62(72)80-54-35-36-56(49(41-54)42-65-67(43-44(3)4)64-66-55-17-11-12-18-57(55)82-64)81-63(73)48-25-23-46(24-26-48)61(71)79-53-33-29-51(30-34-53)75-38-14-8-10-16-40-77-59(69)6-2/h5-6,11-12,17-18,27-36,41-42,45-48H,1-3,7-10,13-16,19-26,37-40,43H2,4H3. The minimum Gasteiger partial charge on any atom is -0.494 e. The van der Waals surface area contributed by atoms with Crippen LogP contribution in [0.4, 0.5) is 5.13 Å². The predicted octanol–water partition coefficient (Wildman–Crippen LogP) is 12.7. The Balaban J connectivity index is 0.899. The van der Waals surface area contributed by atoms with Crippen molar-refractivity contribution in [3.63, 3.8) is 0 Å². The van der Waals surface area contributed by atoms with Crippen LogP contribution in [0.3, 0.4) is 0 Å². The van der Waals surface area contributed by atoms with E-state index < -0.39 is 41.6 Å². The van der Waals surface area contributed by atoms with Crippen LogP contribution in [0.25, 0.3) is 10.2 Å². The van der Waals surface area contributed by atoms with Gasteiger partial charge in [-0.2, -0.15) is 5.10 Å². The van der Waals surface area contributed by atoms with Crippen molar-refractivity contribution in [3.05, 3.63) is 134 Å². The molecule has 2 aliphatic carbocycles. The molecule has 434 valence electrons. The van der Waals surface area contributed by atoms with Crippen molar-refractivity contribution in [2.24, 2.45) is 28.8 Å². The number of anilines is 1. The largest absolute Gasteiger partial charge is 0.494 e. The molecule has 2 saturated carbocycles. The van der Waals surface area contributed by atoms with Gasteiger partial charge in [0.1, 0.15) is 34.5 Å². The minimum absolute atomic E-state index is 0.209. The molecule has 0 amide bonds. The summed E-state index contributed by atoms with van der Waals surface area (Å²) in [5.74, 6) is -1.59. The number of hydrogen-bond donors (Lipinski definition) is 0. The molecular weight excluding hydrogens is 1070 g/mol. The Morgan fingerprint density at radius 1 is 0.549 bits per heavy atom. The highest BCUT2D eigenvalue weighted by Crippen LogP contribution is 2.36. The number of nitrogens with zero attached hydrogens (tertiary/aromatic N) is 3. The number of benzene rings is 4. The van der Waals surface area contributed by atoms with Crippen molar-refractivity contribution in [2.75, 3.05) is 38.0 Å². The van der Waals surface area contributed by atoms with Crippen molar-refractivity contribution in [1.82, 2.24) is 4.98 Å². The third-order valence-corrected chi connectivity index (χ3v) is 15.0. The highest BCUT2D eigenvalue weighted by Gasteiger charge is 2.34. The lowest BCUT2D eigenvalue weighted by Crippen LogP contribution is -2.30. The van der Waals surface area contributed by atoms with E-state index in [4.69, 9.17) is 48.0 Å². The van der Waals surface area contributed by atoms with Crippen LogP contribution in [0.1, 0.15) is 115 Å². The first kappa shape index (κ1) is 61.5. The van der Waals surface area contributed by atoms with Crippen LogP contribution in [0.2, 0.25) is 0 Å². The van der Waals surface area contributed by atoms with E-state index in [2.05, 4.69) is 19.7 Å². The summed E-state index contributed by atoms with van der Waals surface area (Å²) >= 11 is 1.47. The average molecular weight is 1140 g/mol. The normalized spacial score (nSPS) is 16.7. The molecule has 0 spiro atoms. The Morgan fingerprint density at radius 2 is 0.963 bits per heavy atom. The van der Waals surface area contributed by atoms with Crippen molar-refractivity contribution in [1.29, 1.82) is 0 Å². The van der Waals surface area contributed by atoms with E-state index in [0.717, 1.165) is 79.3 Å². The summed E-state index contributed by atoms with van der Waals surface area (Å²) in [6.45, 7) is 14.9. The lowest BCUT2D eigenvalue weighted by Gasteiger charge is -2.26. The molecular formula is C64H73N3O14S. The Kier molecular flexibility index (Phi) is 24.3. The van der Waals surface area contributed by atoms with Crippen LogP contribution in [0.15, 0.2) is 134 Å². The van der Waals surface area contributed by atoms with Gasteiger partial charge in [-0.3, -0.25) is 19.2 Å². The van der Waals surface area contributed by atoms with E-state index in [-0.39, 0.29) is 29.4 Å². The van der Waals surface area contributed by atoms with Gasteiger partial charge in [-0.05, 0) is 189 Å². The molecule has 7 rings (SSSR count). The molecule has 17 nitrogen and oxygen atoms in total. The smallest absolute Gasteiger partial charge is 0.330 e. The molecule has 0 unspecified atom stereocenters. The highest BCUT2D eigenvalue weighted by molar-refractivity contribution is 7.22. The fourth-order valence-corrected chi connectivity index (χ4v) is 10.3. The number of thiazole rings is 1. The lowest BCUT2D eigenvalue weighted by atomic mass is 9.82. The average Bonchev–Trinajstić information content (AvgIpc) is 4.06. The third kappa shape index (κ3) is 19.8. The van der Waals surface area contributed by atoms with Gasteiger partial charge >= 0.3 is 35.8 Å². The number of fused-ring (bicyclic) bond motifs is 1. The SMILES string of the molecule is C=CC(=O)OCCCCCCOc1ccc(OC(=O)C2CCC(C(=O)Oc3ccc(OC(=O)C4CCC(C(=O)Oc5ccc(OCCCCCCOC(=O)C=C)cc5)CC4)c(C=NN(CC(=C)C)c4nc5ccccc5s4)c3)CC2)cc1. The number of ether oxygens (including phenoxy) is 8. The lowest BCUT2D eigenvalue weighted by molar-refractivity contribution is -0.145. The molecule has 82 heavy (non-hydrogen) atoms. The van der Waals surface area contributed by atoms with Gasteiger partial charge in [-0.25, -0.2) is 19.6 Å². The van der Waals surface area contributed by atoms with E-state index >= 15 is 0 Å². The van der Waals surface area contributed by atoms with E-state index in [0.29, 0.717) is 118 Å². The molecule has 1 aromatic heterocycles. The molecule has 0 atom stereocenters. The van der Waals surface area contributed by atoms with E-state index in [1.54, 1.807) is 78.0 Å².